The number of alkyl halides is 3. The number of halogens is 3. The summed E-state index contributed by atoms with van der Waals surface area (Å²) in [5, 5.41) is 10.1. The van der Waals surface area contributed by atoms with Crippen LogP contribution in [0.1, 0.15) is 30.4 Å². The molecule has 1 fully saturated rings. The Morgan fingerprint density at radius 1 is 1.37 bits per heavy atom. The zero-order valence-corrected chi connectivity index (χ0v) is 10.5. The first-order chi connectivity index (χ1) is 8.85. The molecule has 0 aliphatic heterocycles. The first-order valence-corrected chi connectivity index (χ1v) is 6.03. The Kier molecular flexibility index (Phi) is 3.38. The minimum atomic E-state index is -4.56. The summed E-state index contributed by atoms with van der Waals surface area (Å²) in [6.07, 6.45) is -2.06. The maximum absolute atomic E-state index is 12.8. The van der Waals surface area contributed by atoms with Gasteiger partial charge in [-0.05, 0) is 18.9 Å². The Bertz CT molecular complexity index is 476. The highest BCUT2D eigenvalue weighted by Crippen LogP contribution is 2.51. The highest BCUT2D eigenvalue weighted by Gasteiger charge is 2.43. The average molecular weight is 275 g/mol. The minimum absolute atomic E-state index is 0.301. The molecule has 1 saturated carbocycles. The lowest BCUT2D eigenvalue weighted by Crippen LogP contribution is -2.41. The van der Waals surface area contributed by atoms with Gasteiger partial charge in [0.15, 0.2) is 11.5 Å². The molecule has 0 bridgehead atoms. The average Bonchev–Trinajstić information content (AvgIpc) is 2.28. The molecule has 6 heteroatoms. The van der Waals surface area contributed by atoms with Crippen molar-refractivity contribution in [2.75, 3.05) is 13.7 Å². The summed E-state index contributed by atoms with van der Waals surface area (Å²) in [7, 11) is 1.12. The number of methoxy groups -OCH3 is 1. The van der Waals surface area contributed by atoms with Gasteiger partial charge in [-0.15, -0.1) is 0 Å². The minimum Gasteiger partial charge on any atom is -0.504 e. The molecule has 0 saturated heterocycles. The van der Waals surface area contributed by atoms with Gasteiger partial charge in [-0.3, -0.25) is 0 Å². The van der Waals surface area contributed by atoms with E-state index in [1.54, 1.807) is 0 Å². The standard InChI is InChI=1S/C13H16F3NO2/c1-19-11-9(13(14,15)16)4-3-8(10(11)18)12(7-17)5-2-6-12/h3-4,18H,2,5-7,17H2,1H3. The summed E-state index contributed by atoms with van der Waals surface area (Å²) in [4.78, 5) is 0. The molecular weight excluding hydrogens is 259 g/mol. The SMILES string of the molecule is COc1c(C(F)(F)F)ccc(C2(CN)CCC2)c1O. The number of phenolic OH excluding ortho intramolecular Hbond substituents is 1. The maximum atomic E-state index is 12.8. The highest BCUT2D eigenvalue weighted by molar-refractivity contribution is 5.55. The summed E-state index contributed by atoms with van der Waals surface area (Å²) in [6, 6.07) is 2.26. The van der Waals surface area contributed by atoms with Crippen molar-refractivity contribution >= 4 is 0 Å². The van der Waals surface area contributed by atoms with E-state index in [0.717, 1.165) is 32.4 Å². The van der Waals surface area contributed by atoms with E-state index in [2.05, 4.69) is 0 Å². The molecule has 1 aliphatic carbocycles. The van der Waals surface area contributed by atoms with Crippen molar-refractivity contribution in [3.63, 3.8) is 0 Å². The molecule has 2 rings (SSSR count). The monoisotopic (exact) mass is 275 g/mol. The lowest BCUT2D eigenvalue weighted by atomic mass is 9.64. The summed E-state index contributed by atoms with van der Waals surface area (Å²) >= 11 is 0. The van der Waals surface area contributed by atoms with Crippen molar-refractivity contribution in [3.8, 4) is 11.5 Å². The van der Waals surface area contributed by atoms with Crippen LogP contribution in [0, 0.1) is 0 Å². The van der Waals surface area contributed by atoms with Gasteiger partial charge in [0.2, 0.25) is 0 Å². The van der Waals surface area contributed by atoms with E-state index < -0.39 is 28.7 Å². The number of aromatic hydroxyl groups is 1. The van der Waals surface area contributed by atoms with Crippen LogP contribution < -0.4 is 10.5 Å². The molecule has 1 aromatic carbocycles. The van der Waals surface area contributed by atoms with Gasteiger partial charge in [0, 0.05) is 17.5 Å². The molecule has 0 amide bonds. The van der Waals surface area contributed by atoms with E-state index in [9.17, 15) is 18.3 Å². The molecular formula is C13H16F3NO2. The van der Waals surface area contributed by atoms with Crippen LogP contribution in [-0.2, 0) is 11.6 Å². The van der Waals surface area contributed by atoms with Crippen LogP contribution in [0.4, 0.5) is 13.2 Å². The number of nitrogens with two attached hydrogens (primary N) is 1. The van der Waals surface area contributed by atoms with Crippen molar-refractivity contribution < 1.29 is 23.0 Å². The van der Waals surface area contributed by atoms with Crippen molar-refractivity contribution in [1.82, 2.24) is 0 Å². The summed E-state index contributed by atoms with van der Waals surface area (Å²) in [6.45, 7) is 0.301. The van der Waals surface area contributed by atoms with Gasteiger partial charge in [0.05, 0.1) is 7.11 Å². The largest absolute Gasteiger partial charge is 0.504 e. The summed E-state index contributed by atoms with van der Waals surface area (Å²) in [5.74, 6) is -0.966. The van der Waals surface area contributed by atoms with Gasteiger partial charge in [0.1, 0.15) is 5.56 Å². The molecule has 1 aliphatic rings. The van der Waals surface area contributed by atoms with E-state index in [4.69, 9.17) is 10.5 Å². The number of hydrogen-bond acceptors (Lipinski definition) is 3. The maximum Gasteiger partial charge on any atom is 0.420 e. The molecule has 0 spiro atoms. The Balaban J connectivity index is 2.55. The topological polar surface area (TPSA) is 55.5 Å². The van der Waals surface area contributed by atoms with E-state index >= 15 is 0 Å². The number of phenols is 1. The second kappa shape index (κ2) is 4.59. The molecule has 0 heterocycles. The van der Waals surface area contributed by atoms with Crippen LogP contribution in [0.5, 0.6) is 11.5 Å². The third kappa shape index (κ3) is 2.14. The number of ether oxygens (including phenoxy) is 1. The van der Waals surface area contributed by atoms with Crippen LogP contribution in [0.25, 0.3) is 0 Å². The Morgan fingerprint density at radius 3 is 2.37 bits per heavy atom. The molecule has 0 atom stereocenters. The molecule has 1 aromatic rings. The molecule has 0 radical (unpaired) electrons. The van der Waals surface area contributed by atoms with Gasteiger partial charge in [-0.1, -0.05) is 12.5 Å². The second-order valence-electron chi connectivity index (χ2n) is 4.88. The van der Waals surface area contributed by atoms with Crippen LogP contribution in [-0.4, -0.2) is 18.8 Å². The molecule has 106 valence electrons. The van der Waals surface area contributed by atoms with Crippen LogP contribution in [0.15, 0.2) is 12.1 Å². The van der Waals surface area contributed by atoms with Crippen molar-refractivity contribution in [3.05, 3.63) is 23.3 Å². The predicted octanol–water partition coefficient (Wildman–Crippen LogP) is 2.80. The quantitative estimate of drug-likeness (QED) is 0.891. The number of benzene rings is 1. The first kappa shape index (κ1) is 14.0. The highest BCUT2D eigenvalue weighted by atomic mass is 19.4. The van der Waals surface area contributed by atoms with Crippen molar-refractivity contribution in [1.29, 1.82) is 0 Å². The van der Waals surface area contributed by atoms with Gasteiger partial charge >= 0.3 is 6.18 Å². The lowest BCUT2D eigenvalue weighted by Gasteiger charge is -2.42. The molecule has 3 N–H and O–H groups in total. The second-order valence-corrected chi connectivity index (χ2v) is 4.88. The van der Waals surface area contributed by atoms with E-state index in [-0.39, 0.29) is 0 Å². The third-order valence-corrected chi connectivity index (χ3v) is 3.91. The fourth-order valence-electron chi connectivity index (χ4n) is 2.62. The van der Waals surface area contributed by atoms with Crippen molar-refractivity contribution in [2.45, 2.75) is 30.9 Å². The van der Waals surface area contributed by atoms with E-state index in [0.29, 0.717) is 12.1 Å². The fraction of sp³-hybridized carbons (Fsp3) is 0.538. The number of hydrogen-bond donors (Lipinski definition) is 2. The zero-order valence-electron chi connectivity index (χ0n) is 10.5. The van der Waals surface area contributed by atoms with Gasteiger partial charge in [-0.2, -0.15) is 13.2 Å². The third-order valence-electron chi connectivity index (χ3n) is 3.91. The Hall–Kier alpha value is -1.43. The predicted molar refractivity (Wildman–Crippen MR) is 64.2 cm³/mol. The van der Waals surface area contributed by atoms with Gasteiger partial charge in [0.25, 0.3) is 0 Å². The smallest absolute Gasteiger partial charge is 0.420 e. The van der Waals surface area contributed by atoms with Crippen LogP contribution >= 0.6 is 0 Å². The lowest BCUT2D eigenvalue weighted by molar-refractivity contribution is -0.138. The fourth-order valence-corrected chi connectivity index (χ4v) is 2.62. The molecule has 3 nitrogen and oxygen atoms in total. The number of rotatable bonds is 3. The summed E-state index contributed by atoms with van der Waals surface area (Å²) in [5.41, 5.74) is 4.78. The van der Waals surface area contributed by atoms with E-state index in [1.807, 2.05) is 0 Å². The van der Waals surface area contributed by atoms with Gasteiger partial charge < -0.3 is 15.6 Å². The first-order valence-electron chi connectivity index (χ1n) is 6.03. The molecule has 0 unspecified atom stereocenters. The van der Waals surface area contributed by atoms with Crippen LogP contribution in [0.3, 0.4) is 0 Å². The van der Waals surface area contributed by atoms with E-state index in [1.165, 1.54) is 6.07 Å². The molecule has 0 aromatic heterocycles. The Labute approximate surface area is 109 Å². The summed E-state index contributed by atoms with van der Waals surface area (Å²) < 4.78 is 43.2. The van der Waals surface area contributed by atoms with Gasteiger partial charge in [-0.25, -0.2) is 0 Å². The Morgan fingerprint density at radius 2 is 2.00 bits per heavy atom. The van der Waals surface area contributed by atoms with Crippen LogP contribution in [0.2, 0.25) is 0 Å². The zero-order chi connectivity index (χ0) is 14.3. The normalized spacial score (nSPS) is 17.9. The van der Waals surface area contributed by atoms with Crippen molar-refractivity contribution in [2.24, 2.45) is 5.73 Å². The molecule has 19 heavy (non-hydrogen) atoms.